The van der Waals surface area contributed by atoms with E-state index >= 15 is 0 Å². The Bertz CT molecular complexity index is 610. The van der Waals surface area contributed by atoms with Crippen molar-refractivity contribution >= 4 is 5.78 Å². The van der Waals surface area contributed by atoms with Gasteiger partial charge in [0.25, 0.3) is 0 Å². The lowest BCUT2D eigenvalue weighted by Gasteiger charge is -2.11. The molecule has 0 spiro atoms. The fraction of sp³-hybridized carbons (Fsp3) is 0.167. The van der Waals surface area contributed by atoms with Gasteiger partial charge in [-0.05, 0) is 18.1 Å². The smallest absolute Gasteiger partial charge is 0.187 e. The van der Waals surface area contributed by atoms with Gasteiger partial charge in [0.15, 0.2) is 5.78 Å². The highest BCUT2D eigenvalue weighted by Crippen LogP contribution is 2.19. The lowest BCUT2D eigenvalue weighted by molar-refractivity contribution is 0.104. The average Bonchev–Trinajstić information content (AvgIpc) is 2.48. The van der Waals surface area contributed by atoms with E-state index < -0.39 is 0 Å². The van der Waals surface area contributed by atoms with Crippen molar-refractivity contribution in [1.82, 2.24) is 4.90 Å². The molecular weight excluding hydrogens is 246 g/mol. The maximum Gasteiger partial charge on any atom is 0.187 e. The number of carbonyl (C=O) groups is 1. The molecule has 0 radical (unpaired) electrons. The van der Waals surface area contributed by atoms with Crippen LogP contribution < -0.4 is 0 Å². The van der Waals surface area contributed by atoms with Crippen molar-refractivity contribution in [2.24, 2.45) is 0 Å². The summed E-state index contributed by atoms with van der Waals surface area (Å²) in [6, 6.07) is 17.9. The summed E-state index contributed by atoms with van der Waals surface area (Å²) in [6.45, 7) is 1.93. The van der Waals surface area contributed by atoms with Crippen LogP contribution in [0.25, 0.3) is 11.1 Å². The van der Waals surface area contributed by atoms with Crippen LogP contribution in [-0.4, -0.2) is 24.8 Å². The van der Waals surface area contributed by atoms with Crippen LogP contribution in [0.3, 0.4) is 0 Å². The van der Waals surface area contributed by atoms with Crippen LogP contribution in [-0.2, 0) is 0 Å². The Morgan fingerprint density at radius 1 is 0.900 bits per heavy atom. The van der Waals surface area contributed by atoms with Crippen LogP contribution in [0.4, 0.5) is 0 Å². The number of nitrogens with zero attached hydrogens (tertiary/aromatic N) is 1. The molecule has 0 atom stereocenters. The maximum atomic E-state index is 12.1. The minimum atomic E-state index is 0.0378. The molecule has 2 heteroatoms. The van der Waals surface area contributed by atoms with Gasteiger partial charge < -0.3 is 4.90 Å². The number of hydrogen-bond acceptors (Lipinski definition) is 2. The summed E-state index contributed by atoms with van der Waals surface area (Å²) in [5.74, 6) is 0.0378. The Morgan fingerprint density at radius 3 is 2.00 bits per heavy atom. The second kappa shape index (κ2) is 6.20. The predicted octanol–water partition coefficient (Wildman–Crippen LogP) is 4.00. The average molecular weight is 265 g/mol. The normalized spacial score (nSPS) is 11.2. The van der Waals surface area contributed by atoms with Gasteiger partial charge >= 0.3 is 0 Å². The molecule has 0 bridgehead atoms. The molecule has 0 saturated carbocycles. The molecule has 102 valence electrons. The molecule has 0 aliphatic carbocycles. The van der Waals surface area contributed by atoms with Gasteiger partial charge in [-0.15, -0.1) is 0 Å². The third kappa shape index (κ3) is 3.35. The van der Waals surface area contributed by atoms with E-state index in [2.05, 4.69) is 12.1 Å². The fourth-order valence-corrected chi connectivity index (χ4v) is 1.86. The van der Waals surface area contributed by atoms with E-state index in [-0.39, 0.29) is 5.78 Å². The second-order valence-corrected chi connectivity index (χ2v) is 4.99. The van der Waals surface area contributed by atoms with Crippen molar-refractivity contribution in [3.63, 3.8) is 0 Å². The highest BCUT2D eigenvalue weighted by atomic mass is 16.1. The minimum absolute atomic E-state index is 0.0378. The molecule has 0 saturated heterocycles. The third-order valence-corrected chi connectivity index (χ3v) is 3.32. The number of benzene rings is 2. The quantitative estimate of drug-likeness (QED) is 0.615. The van der Waals surface area contributed by atoms with Gasteiger partial charge in [-0.25, -0.2) is 0 Å². The van der Waals surface area contributed by atoms with Crippen LogP contribution in [0.15, 0.2) is 66.4 Å². The lowest BCUT2D eigenvalue weighted by atomic mass is 10.0. The molecular formula is C18H19NO. The number of ketones is 1. The van der Waals surface area contributed by atoms with E-state index in [0.29, 0.717) is 5.56 Å². The zero-order valence-corrected chi connectivity index (χ0v) is 12.1. The maximum absolute atomic E-state index is 12.1. The third-order valence-electron chi connectivity index (χ3n) is 3.32. The Morgan fingerprint density at radius 2 is 1.45 bits per heavy atom. The molecule has 2 rings (SSSR count). The topological polar surface area (TPSA) is 20.3 Å². The van der Waals surface area contributed by atoms with E-state index in [4.69, 9.17) is 0 Å². The van der Waals surface area contributed by atoms with E-state index in [0.717, 1.165) is 16.8 Å². The molecule has 20 heavy (non-hydrogen) atoms. The molecule has 0 aliphatic rings. The van der Waals surface area contributed by atoms with E-state index in [1.54, 1.807) is 6.08 Å². The van der Waals surface area contributed by atoms with Gasteiger partial charge in [0.2, 0.25) is 0 Å². The van der Waals surface area contributed by atoms with Gasteiger partial charge in [0.05, 0.1) is 0 Å². The largest absolute Gasteiger partial charge is 0.381 e. The monoisotopic (exact) mass is 265 g/mol. The Labute approximate surface area is 120 Å². The molecule has 2 nitrogen and oxygen atoms in total. The van der Waals surface area contributed by atoms with E-state index in [1.807, 2.05) is 68.4 Å². The molecule has 0 aromatic heterocycles. The second-order valence-electron chi connectivity index (χ2n) is 4.99. The number of allylic oxidation sites excluding steroid dienone is 2. The predicted molar refractivity (Wildman–Crippen MR) is 83.7 cm³/mol. The first-order chi connectivity index (χ1) is 9.58. The van der Waals surface area contributed by atoms with Crippen molar-refractivity contribution in [3.8, 4) is 11.1 Å². The first-order valence-corrected chi connectivity index (χ1v) is 6.63. The molecule has 2 aromatic rings. The lowest BCUT2D eigenvalue weighted by Crippen LogP contribution is -2.10. The van der Waals surface area contributed by atoms with Gasteiger partial charge in [0, 0.05) is 31.4 Å². The van der Waals surface area contributed by atoms with Gasteiger partial charge in [0.1, 0.15) is 0 Å². The summed E-state index contributed by atoms with van der Waals surface area (Å²) < 4.78 is 0. The van der Waals surface area contributed by atoms with Crippen molar-refractivity contribution < 1.29 is 4.79 Å². The molecule has 2 aromatic carbocycles. The molecule has 0 heterocycles. The van der Waals surface area contributed by atoms with Crippen LogP contribution in [0, 0.1) is 0 Å². The Hall–Kier alpha value is -2.35. The van der Waals surface area contributed by atoms with Crippen LogP contribution in [0.1, 0.15) is 17.3 Å². The Balaban J connectivity index is 2.21. The summed E-state index contributed by atoms with van der Waals surface area (Å²) in [4.78, 5) is 14.0. The Kier molecular flexibility index (Phi) is 4.36. The zero-order valence-electron chi connectivity index (χ0n) is 12.1. The van der Waals surface area contributed by atoms with Crippen molar-refractivity contribution in [2.45, 2.75) is 6.92 Å². The highest BCUT2D eigenvalue weighted by molar-refractivity contribution is 6.05. The first kappa shape index (κ1) is 14.1. The summed E-state index contributed by atoms with van der Waals surface area (Å²) in [5, 5.41) is 0. The molecule has 0 N–H and O–H groups in total. The van der Waals surface area contributed by atoms with Crippen LogP contribution in [0.2, 0.25) is 0 Å². The summed E-state index contributed by atoms with van der Waals surface area (Å²) in [7, 11) is 3.86. The highest BCUT2D eigenvalue weighted by Gasteiger charge is 2.04. The number of rotatable bonds is 4. The van der Waals surface area contributed by atoms with Crippen molar-refractivity contribution in [3.05, 3.63) is 71.9 Å². The van der Waals surface area contributed by atoms with Gasteiger partial charge in [-0.1, -0.05) is 54.6 Å². The SMILES string of the molecule is C/C(=C\C(=O)c1ccc(-c2ccccc2)cc1)N(C)C. The first-order valence-electron chi connectivity index (χ1n) is 6.63. The molecule has 0 amide bonds. The van der Waals surface area contributed by atoms with Gasteiger partial charge in [-0.3, -0.25) is 4.79 Å². The van der Waals surface area contributed by atoms with Crippen molar-refractivity contribution in [1.29, 1.82) is 0 Å². The van der Waals surface area contributed by atoms with E-state index in [1.165, 1.54) is 0 Å². The van der Waals surface area contributed by atoms with Crippen molar-refractivity contribution in [2.75, 3.05) is 14.1 Å². The minimum Gasteiger partial charge on any atom is -0.381 e. The summed E-state index contributed by atoms with van der Waals surface area (Å²) >= 11 is 0. The van der Waals surface area contributed by atoms with Crippen LogP contribution in [0.5, 0.6) is 0 Å². The summed E-state index contributed by atoms with van der Waals surface area (Å²) in [6.07, 6.45) is 1.66. The fourth-order valence-electron chi connectivity index (χ4n) is 1.86. The number of hydrogen-bond donors (Lipinski definition) is 0. The molecule has 0 aliphatic heterocycles. The summed E-state index contributed by atoms with van der Waals surface area (Å²) in [5.41, 5.74) is 3.94. The molecule has 0 fully saturated rings. The van der Waals surface area contributed by atoms with Gasteiger partial charge in [-0.2, -0.15) is 0 Å². The molecule has 0 unspecified atom stereocenters. The standard InChI is InChI=1S/C18H19NO/c1-14(19(2)3)13-18(20)17-11-9-16(10-12-17)15-7-5-4-6-8-15/h4-13H,1-3H3/b14-13+. The number of carbonyl (C=O) groups excluding carboxylic acids is 1. The zero-order chi connectivity index (χ0) is 14.5. The van der Waals surface area contributed by atoms with Crippen LogP contribution >= 0.6 is 0 Å². The van der Waals surface area contributed by atoms with E-state index in [9.17, 15) is 4.79 Å².